The Balaban J connectivity index is 2.17. The quantitative estimate of drug-likeness (QED) is 0.708. The van der Waals surface area contributed by atoms with Gasteiger partial charge in [0.1, 0.15) is 11.5 Å². The third-order valence-corrected chi connectivity index (χ3v) is 3.28. The van der Waals surface area contributed by atoms with Crippen molar-refractivity contribution in [3.63, 3.8) is 0 Å². The van der Waals surface area contributed by atoms with Gasteiger partial charge in [-0.2, -0.15) is 0 Å². The van der Waals surface area contributed by atoms with E-state index in [0.29, 0.717) is 11.3 Å². The molecule has 0 amide bonds. The van der Waals surface area contributed by atoms with Crippen LogP contribution in [0.4, 0.5) is 5.69 Å². The SMILES string of the molecule is Oc1ccc(C(=Nc2ccccc2)c2ccccc2)c(O)c1. The number of hydrogen-bond donors (Lipinski definition) is 2. The molecule has 3 heteroatoms. The maximum atomic E-state index is 10.2. The molecule has 0 fully saturated rings. The lowest BCUT2D eigenvalue weighted by atomic mass is 10.0. The van der Waals surface area contributed by atoms with E-state index >= 15 is 0 Å². The van der Waals surface area contributed by atoms with E-state index in [-0.39, 0.29) is 11.5 Å². The van der Waals surface area contributed by atoms with Gasteiger partial charge in [-0.05, 0) is 24.3 Å². The fourth-order valence-corrected chi connectivity index (χ4v) is 2.23. The van der Waals surface area contributed by atoms with Gasteiger partial charge in [0.25, 0.3) is 0 Å². The van der Waals surface area contributed by atoms with Gasteiger partial charge in [-0.3, -0.25) is 0 Å². The maximum absolute atomic E-state index is 10.2. The van der Waals surface area contributed by atoms with E-state index in [1.54, 1.807) is 12.1 Å². The number of aliphatic imine (C=N–C) groups is 1. The van der Waals surface area contributed by atoms with Gasteiger partial charge in [-0.1, -0.05) is 48.5 Å². The number of phenols is 2. The molecule has 108 valence electrons. The average molecular weight is 289 g/mol. The summed E-state index contributed by atoms with van der Waals surface area (Å²) in [6, 6.07) is 23.7. The summed E-state index contributed by atoms with van der Waals surface area (Å²) in [5, 5.41) is 19.6. The first kappa shape index (κ1) is 13.9. The summed E-state index contributed by atoms with van der Waals surface area (Å²) in [7, 11) is 0. The van der Waals surface area contributed by atoms with Crippen molar-refractivity contribution in [2.45, 2.75) is 0 Å². The zero-order chi connectivity index (χ0) is 15.4. The van der Waals surface area contributed by atoms with Crippen LogP contribution in [0, 0.1) is 0 Å². The molecule has 0 saturated carbocycles. The highest BCUT2D eigenvalue weighted by Gasteiger charge is 2.12. The van der Waals surface area contributed by atoms with Crippen molar-refractivity contribution in [2.75, 3.05) is 0 Å². The minimum Gasteiger partial charge on any atom is -0.508 e. The smallest absolute Gasteiger partial charge is 0.128 e. The first-order valence-corrected chi connectivity index (χ1v) is 6.95. The summed E-state index contributed by atoms with van der Waals surface area (Å²) in [6.45, 7) is 0. The molecule has 0 heterocycles. The van der Waals surface area contributed by atoms with E-state index in [0.717, 1.165) is 11.3 Å². The summed E-state index contributed by atoms with van der Waals surface area (Å²) in [4.78, 5) is 4.66. The molecule has 3 aromatic rings. The molecule has 3 aromatic carbocycles. The molecule has 3 nitrogen and oxygen atoms in total. The zero-order valence-corrected chi connectivity index (χ0v) is 11.8. The summed E-state index contributed by atoms with van der Waals surface area (Å²) < 4.78 is 0. The van der Waals surface area contributed by atoms with E-state index in [9.17, 15) is 10.2 Å². The predicted molar refractivity (Wildman–Crippen MR) is 88.0 cm³/mol. The number of benzene rings is 3. The van der Waals surface area contributed by atoms with Crippen molar-refractivity contribution in [1.82, 2.24) is 0 Å². The Kier molecular flexibility index (Phi) is 3.88. The Hall–Kier alpha value is -3.07. The molecular formula is C19H15NO2. The Bertz CT molecular complexity index is 796. The molecule has 0 unspecified atom stereocenters. The van der Waals surface area contributed by atoms with Crippen molar-refractivity contribution < 1.29 is 10.2 Å². The Morgan fingerprint density at radius 1 is 0.727 bits per heavy atom. The van der Waals surface area contributed by atoms with Crippen molar-refractivity contribution in [1.29, 1.82) is 0 Å². The predicted octanol–water partition coefficient (Wildman–Crippen LogP) is 4.27. The first-order valence-electron chi connectivity index (χ1n) is 6.95. The molecule has 0 aromatic heterocycles. The van der Waals surface area contributed by atoms with Crippen molar-refractivity contribution in [3.05, 3.63) is 90.0 Å². The lowest BCUT2D eigenvalue weighted by molar-refractivity contribution is 0.450. The summed E-state index contributed by atoms with van der Waals surface area (Å²) in [5.41, 5.74) is 2.93. The van der Waals surface area contributed by atoms with E-state index in [1.165, 1.54) is 6.07 Å². The van der Waals surface area contributed by atoms with Gasteiger partial charge in [0, 0.05) is 17.2 Å². The van der Waals surface area contributed by atoms with Crippen molar-refractivity contribution in [2.24, 2.45) is 4.99 Å². The molecule has 22 heavy (non-hydrogen) atoms. The lowest BCUT2D eigenvalue weighted by Gasteiger charge is -2.10. The van der Waals surface area contributed by atoms with Crippen LogP contribution in [0.25, 0.3) is 0 Å². The van der Waals surface area contributed by atoms with Gasteiger partial charge in [-0.15, -0.1) is 0 Å². The van der Waals surface area contributed by atoms with Crippen LogP contribution in [0.5, 0.6) is 11.5 Å². The Morgan fingerprint density at radius 3 is 2.00 bits per heavy atom. The second kappa shape index (κ2) is 6.14. The zero-order valence-electron chi connectivity index (χ0n) is 11.8. The molecule has 0 aliphatic rings. The van der Waals surface area contributed by atoms with Crippen LogP contribution in [0.2, 0.25) is 0 Å². The molecule has 0 aliphatic carbocycles. The monoisotopic (exact) mass is 289 g/mol. The second-order valence-corrected chi connectivity index (χ2v) is 4.86. The standard InChI is InChI=1S/C19H15NO2/c21-16-11-12-17(18(22)13-16)19(14-7-3-1-4-8-14)20-15-9-5-2-6-10-15/h1-13,21-22H. The summed E-state index contributed by atoms with van der Waals surface area (Å²) in [5.74, 6) is 0.0203. The van der Waals surface area contributed by atoms with E-state index in [4.69, 9.17) is 0 Å². The third-order valence-electron chi connectivity index (χ3n) is 3.28. The molecule has 0 bridgehead atoms. The van der Waals surface area contributed by atoms with Crippen LogP contribution in [-0.4, -0.2) is 15.9 Å². The van der Waals surface area contributed by atoms with Crippen molar-refractivity contribution in [3.8, 4) is 11.5 Å². The number of nitrogens with zero attached hydrogens (tertiary/aromatic N) is 1. The highest BCUT2D eigenvalue weighted by atomic mass is 16.3. The van der Waals surface area contributed by atoms with Crippen molar-refractivity contribution >= 4 is 11.4 Å². The van der Waals surface area contributed by atoms with Crippen LogP contribution in [0.3, 0.4) is 0 Å². The van der Waals surface area contributed by atoms with Gasteiger partial charge in [-0.25, -0.2) is 4.99 Å². The Labute approximate surface area is 128 Å². The third kappa shape index (κ3) is 2.99. The summed E-state index contributed by atoms with van der Waals surface area (Å²) in [6.07, 6.45) is 0. The van der Waals surface area contributed by atoms with Gasteiger partial charge in [0.2, 0.25) is 0 Å². The number of rotatable bonds is 3. The molecule has 0 saturated heterocycles. The van der Waals surface area contributed by atoms with E-state index in [2.05, 4.69) is 4.99 Å². The highest BCUT2D eigenvalue weighted by molar-refractivity contribution is 6.15. The highest BCUT2D eigenvalue weighted by Crippen LogP contribution is 2.27. The fraction of sp³-hybridized carbons (Fsp3) is 0. The topological polar surface area (TPSA) is 52.8 Å². The fourth-order valence-electron chi connectivity index (χ4n) is 2.23. The van der Waals surface area contributed by atoms with Crippen LogP contribution in [0.1, 0.15) is 11.1 Å². The van der Waals surface area contributed by atoms with E-state index < -0.39 is 0 Å². The van der Waals surface area contributed by atoms with Crippen LogP contribution < -0.4 is 0 Å². The molecule has 2 N–H and O–H groups in total. The molecule has 0 spiro atoms. The van der Waals surface area contributed by atoms with Gasteiger partial charge < -0.3 is 10.2 Å². The Morgan fingerprint density at radius 2 is 1.36 bits per heavy atom. The second-order valence-electron chi connectivity index (χ2n) is 4.86. The molecule has 3 rings (SSSR count). The number of phenolic OH excluding ortho intramolecular Hbond substituents is 2. The molecule has 0 aliphatic heterocycles. The first-order chi connectivity index (χ1) is 10.7. The van der Waals surface area contributed by atoms with Crippen LogP contribution in [0.15, 0.2) is 83.9 Å². The van der Waals surface area contributed by atoms with Gasteiger partial charge in [0.05, 0.1) is 11.4 Å². The van der Waals surface area contributed by atoms with Gasteiger partial charge in [0.15, 0.2) is 0 Å². The minimum atomic E-state index is -0.00136. The largest absolute Gasteiger partial charge is 0.508 e. The normalized spacial score (nSPS) is 11.4. The van der Waals surface area contributed by atoms with Crippen LogP contribution in [-0.2, 0) is 0 Å². The maximum Gasteiger partial charge on any atom is 0.128 e. The molecule has 0 radical (unpaired) electrons. The molecule has 0 atom stereocenters. The number of aromatic hydroxyl groups is 2. The van der Waals surface area contributed by atoms with E-state index in [1.807, 2.05) is 60.7 Å². The molecular weight excluding hydrogens is 274 g/mol. The summed E-state index contributed by atoms with van der Waals surface area (Å²) >= 11 is 0. The average Bonchev–Trinajstić information content (AvgIpc) is 2.55. The number of para-hydroxylation sites is 1. The van der Waals surface area contributed by atoms with Crippen LogP contribution >= 0.6 is 0 Å². The minimum absolute atomic E-state index is 0.00136. The lowest BCUT2D eigenvalue weighted by Crippen LogP contribution is -2.03. The number of hydrogen-bond acceptors (Lipinski definition) is 3. The van der Waals surface area contributed by atoms with Gasteiger partial charge >= 0.3 is 0 Å².